The van der Waals surface area contributed by atoms with Crippen molar-refractivity contribution in [3.8, 4) is 0 Å². The summed E-state index contributed by atoms with van der Waals surface area (Å²) in [5.74, 6) is 1.23. The lowest BCUT2D eigenvalue weighted by Crippen LogP contribution is -2.66. The van der Waals surface area contributed by atoms with E-state index in [1.165, 1.54) is 38.5 Å². The average molecular weight is 473 g/mol. The molecule has 1 N–H and O–H groups in total. The van der Waals surface area contributed by atoms with Crippen LogP contribution in [0.25, 0.3) is 0 Å². The van der Waals surface area contributed by atoms with Gasteiger partial charge in [0.05, 0.1) is 5.92 Å². The van der Waals surface area contributed by atoms with E-state index in [-0.39, 0.29) is 45.1 Å². The van der Waals surface area contributed by atoms with Gasteiger partial charge in [-0.25, -0.2) is 0 Å². The molecule has 0 bridgehead atoms. The zero-order valence-electron chi connectivity index (χ0n) is 22.7. The molecular formula is C30H48O4. The van der Waals surface area contributed by atoms with E-state index in [9.17, 15) is 14.7 Å². The van der Waals surface area contributed by atoms with E-state index < -0.39 is 5.97 Å². The second-order valence-electron chi connectivity index (χ2n) is 14.8. The summed E-state index contributed by atoms with van der Waals surface area (Å²) in [6.07, 6.45) is 11.4. The van der Waals surface area contributed by atoms with Crippen LogP contribution in [0.3, 0.4) is 0 Å². The molecule has 0 spiro atoms. The Morgan fingerprint density at radius 2 is 1.47 bits per heavy atom. The van der Waals surface area contributed by atoms with E-state index >= 15 is 0 Å². The average Bonchev–Trinajstić information content (AvgIpc) is 3.08. The first-order valence-electron chi connectivity index (χ1n) is 14.1. The van der Waals surface area contributed by atoms with E-state index in [0.29, 0.717) is 23.7 Å². The topological polar surface area (TPSA) is 63.6 Å². The van der Waals surface area contributed by atoms with Crippen molar-refractivity contribution in [2.24, 2.45) is 56.7 Å². The number of fused-ring (bicyclic) bond motifs is 7. The van der Waals surface area contributed by atoms with Crippen LogP contribution in [0.4, 0.5) is 0 Å². The summed E-state index contributed by atoms with van der Waals surface area (Å²) in [5, 5.41) is 10.1. The van der Waals surface area contributed by atoms with Crippen molar-refractivity contribution in [3.05, 3.63) is 0 Å². The first-order valence-corrected chi connectivity index (χ1v) is 14.1. The third-order valence-electron chi connectivity index (χ3n) is 13.4. The highest BCUT2D eigenvalue weighted by molar-refractivity contribution is 5.71. The largest absolute Gasteiger partial charge is 0.481 e. The minimum absolute atomic E-state index is 0.0112. The van der Waals surface area contributed by atoms with Gasteiger partial charge in [-0.15, -0.1) is 0 Å². The van der Waals surface area contributed by atoms with Crippen LogP contribution in [0.1, 0.15) is 113 Å². The van der Waals surface area contributed by atoms with Gasteiger partial charge in [-0.1, -0.05) is 41.5 Å². The van der Waals surface area contributed by atoms with Crippen LogP contribution >= 0.6 is 0 Å². The fourth-order valence-corrected chi connectivity index (χ4v) is 11.6. The van der Waals surface area contributed by atoms with Crippen molar-refractivity contribution >= 4 is 11.9 Å². The van der Waals surface area contributed by atoms with Gasteiger partial charge in [-0.2, -0.15) is 0 Å². The second-order valence-corrected chi connectivity index (χ2v) is 14.8. The SMILES string of the molecule is CC(=O)O[C@H]1CC[C@@]2(C)C(CC[C@]3(C)C2CCC2C4[C@H](C(=O)O)CC[C@]4(C)CC[C@]23C)C1(C)C. The summed E-state index contributed by atoms with van der Waals surface area (Å²) >= 11 is 0. The van der Waals surface area contributed by atoms with Crippen molar-refractivity contribution in [1.82, 2.24) is 0 Å². The summed E-state index contributed by atoms with van der Waals surface area (Å²) in [7, 11) is 0. The number of carbonyl (C=O) groups is 2. The van der Waals surface area contributed by atoms with Gasteiger partial charge >= 0.3 is 11.9 Å². The van der Waals surface area contributed by atoms with Crippen molar-refractivity contribution < 1.29 is 19.4 Å². The molecule has 0 radical (unpaired) electrons. The lowest BCUT2D eigenvalue weighted by atomic mass is 9.32. The Labute approximate surface area is 207 Å². The van der Waals surface area contributed by atoms with E-state index in [2.05, 4.69) is 41.5 Å². The van der Waals surface area contributed by atoms with E-state index in [1.807, 2.05) is 0 Å². The number of hydrogen-bond acceptors (Lipinski definition) is 3. The number of carboxylic acid groups (broad SMARTS) is 1. The van der Waals surface area contributed by atoms with Gasteiger partial charge in [-0.05, 0) is 110 Å². The number of ether oxygens (including phenoxy) is 1. The molecule has 0 aromatic heterocycles. The first-order chi connectivity index (χ1) is 15.7. The Kier molecular flexibility index (Phi) is 5.42. The molecule has 0 amide bonds. The van der Waals surface area contributed by atoms with Crippen LogP contribution in [0, 0.1) is 56.7 Å². The fraction of sp³-hybridized carbons (Fsp3) is 0.933. The van der Waals surface area contributed by atoms with Crippen LogP contribution in [0.15, 0.2) is 0 Å². The van der Waals surface area contributed by atoms with Crippen molar-refractivity contribution in [2.75, 3.05) is 0 Å². The Hall–Kier alpha value is -1.06. The van der Waals surface area contributed by atoms with Crippen LogP contribution in [-0.4, -0.2) is 23.1 Å². The summed E-state index contributed by atoms with van der Waals surface area (Å²) in [5.41, 5.74) is 0.912. The smallest absolute Gasteiger partial charge is 0.306 e. The molecule has 0 aromatic carbocycles. The standard InChI is InChI=1S/C30H48O4/c1-18(31)34-23-12-14-28(5)21(26(23,2)3)11-15-30(7)22(28)9-8-20-24-19(25(32)33)10-13-27(24,4)16-17-29(20,30)6/h19-24H,8-17H2,1-7H3,(H,32,33)/t19-,20?,21?,22?,23+,24?,27-,28+,29-,30-/m1/s1. The van der Waals surface area contributed by atoms with Gasteiger partial charge in [0.1, 0.15) is 6.10 Å². The van der Waals surface area contributed by atoms with Crippen LogP contribution in [0.5, 0.6) is 0 Å². The molecule has 0 aromatic rings. The van der Waals surface area contributed by atoms with Gasteiger partial charge in [0, 0.05) is 12.3 Å². The molecule has 5 rings (SSSR count). The third kappa shape index (κ3) is 3.01. The molecule has 0 heterocycles. The van der Waals surface area contributed by atoms with Gasteiger partial charge in [0.25, 0.3) is 0 Å². The van der Waals surface area contributed by atoms with Gasteiger partial charge < -0.3 is 9.84 Å². The quantitative estimate of drug-likeness (QED) is 0.435. The molecule has 5 aliphatic rings. The van der Waals surface area contributed by atoms with E-state index in [4.69, 9.17) is 4.74 Å². The Bertz CT molecular complexity index is 879. The second kappa shape index (κ2) is 7.48. The molecule has 192 valence electrons. The maximum Gasteiger partial charge on any atom is 0.306 e. The highest BCUT2D eigenvalue weighted by Crippen LogP contribution is 2.77. The molecule has 5 fully saturated rings. The third-order valence-corrected chi connectivity index (χ3v) is 13.4. The normalized spacial score (nSPS) is 53.6. The highest BCUT2D eigenvalue weighted by Gasteiger charge is 2.70. The predicted octanol–water partition coefficient (Wildman–Crippen LogP) is 7.10. The van der Waals surface area contributed by atoms with E-state index in [1.54, 1.807) is 6.92 Å². The molecule has 10 atom stereocenters. The van der Waals surface area contributed by atoms with Crippen molar-refractivity contribution in [3.63, 3.8) is 0 Å². The number of aliphatic carboxylic acids is 1. The van der Waals surface area contributed by atoms with Gasteiger partial charge in [-0.3, -0.25) is 9.59 Å². The molecule has 4 unspecified atom stereocenters. The minimum Gasteiger partial charge on any atom is -0.481 e. The highest BCUT2D eigenvalue weighted by atomic mass is 16.5. The summed E-state index contributed by atoms with van der Waals surface area (Å²) in [4.78, 5) is 24.2. The molecule has 4 heteroatoms. The summed E-state index contributed by atoms with van der Waals surface area (Å²) < 4.78 is 5.87. The van der Waals surface area contributed by atoms with Gasteiger partial charge in [0.2, 0.25) is 0 Å². The lowest BCUT2D eigenvalue weighted by Gasteiger charge is -2.72. The number of esters is 1. The Balaban J connectivity index is 1.50. The van der Waals surface area contributed by atoms with Crippen LogP contribution in [-0.2, 0) is 14.3 Å². The van der Waals surface area contributed by atoms with Crippen molar-refractivity contribution in [2.45, 2.75) is 119 Å². The Morgan fingerprint density at radius 3 is 2.12 bits per heavy atom. The van der Waals surface area contributed by atoms with Gasteiger partial charge in [0.15, 0.2) is 0 Å². The molecular weight excluding hydrogens is 424 g/mol. The zero-order chi connectivity index (χ0) is 24.9. The summed E-state index contributed by atoms with van der Waals surface area (Å²) in [6.45, 7) is 16.4. The molecule has 4 nitrogen and oxygen atoms in total. The summed E-state index contributed by atoms with van der Waals surface area (Å²) in [6, 6.07) is 0. The number of rotatable bonds is 2. The van der Waals surface area contributed by atoms with Crippen LogP contribution in [0.2, 0.25) is 0 Å². The molecule has 0 saturated heterocycles. The maximum atomic E-state index is 12.3. The predicted molar refractivity (Wildman–Crippen MR) is 133 cm³/mol. The Morgan fingerprint density at radius 1 is 0.765 bits per heavy atom. The zero-order valence-corrected chi connectivity index (χ0v) is 22.7. The monoisotopic (exact) mass is 472 g/mol. The molecule has 5 saturated carbocycles. The number of hydrogen-bond donors (Lipinski definition) is 1. The van der Waals surface area contributed by atoms with E-state index in [0.717, 1.165) is 25.7 Å². The maximum absolute atomic E-state index is 12.3. The first kappa shape index (κ1) is 24.6. The fourth-order valence-electron chi connectivity index (χ4n) is 11.6. The van der Waals surface area contributed by atoms with Crippen molar-refractivity contribution in [1.29, 1.82) is 0 Å². The molecule has 0 aliphatic heterocycles. The lowest BCUT2D eigenvalue weighted by molar-refractivity contribution is -0.249. The van der Waals surface area contributed by atoms with Crippen LogP contribution < -0.4 is 0 Å². The number of carboxylic acids is 1. The molecule has 5 aliphatic carbocycles. The number of carbonyl (C=O) groups excluding carboxylic acids is 1. The minimum atomic E-state index is -0.550. The molecule has 34 heavy (non-hydrogen) atoms.